The van der Waals surface area contributed by atoms with Crippen molar-refractivity contribution in [2.45, 2.75) is 26.2 Å². The topological polar surface area (TPSA) is 29.1 Å². The van der Waals surface area contributed by atoms with Crippen LogP contribution in [-0.4, -0.2) is 12.5 Å². The zero-order chi connectivity index (χ0) is 10.1. The summed E-state index contributed by atoms with van der Waals surface area (Å²) in [6, 6.07) is 6.29. The second kappa shape index (κ2) is 3.45. The molecule has 1 aliphatic heterocycles. The number of benzene rings is 1. The van der Waals surface area contributed by atoms with Crippen LogP contribution in [0.1, 0.15) is 29.0 Å². The van der Waals surface area contributed by atoms with E-state index in [0.717, 1.165) is 18.5 Å². The van der Waals surface area contributed by atoms with E-state index in [-0.39, 0.29) is 11.8 Å². The molecule has 1 heterocycles. The van der Waals surface area contributed by atoms with Crippen molar-refractivity contribution in [1.29, 1.82) is 0 Å². The molecule has 1 fully saturated rings. The van der Waals surface area contributed by atoms with Gasteiger partial charge in [0.2, 0.25) is 5.91 Å². The van der Waals surface area contributed by atoms with Crippen molar-refractivity contribution in [3.8, 4) is 0 Å². The maximum absolute atomic E-state index is 11.5. The van der Waals surface area contributed by atoms with E-state index in [0.29, 0.717) is 0 Å². The summed E-state index contributed by atoms with van der Waals surface area (Å²) in [5, 5.41) is 2.86. The first-order valence-corrected chi connectivity index (χ1v) is 5.03. The maximum atomic E-state index is 11.5. The van der Waals surface area contributed by atoms with Crippen molar-refractivity contribution in [2.75, 3.05) is 6.54 Å². The fraction of sp³-hybridized carbons (Fsp3) is 0.417. The van der Waals surface area contributed by atoms with E-state index in [1.807, 2.05) is 0 Å². The molecule has 2 nitrogen and oxygen atoms in total. The minimum Gasteiger partial charge on any atom is -0.356 e. The van der Waals surface area contributed by atoms with Gasteiger partial charge >= 0.3 is 0 Å². The average Bonchev–Trinajstić information content (AvgIpc) is 2.57. The standard InChI is InChI=1S/C12H15NO/c1-8-3-4-10(7-9(8)2)11-5-6-13-12(11)14/h3-4,7,11H,5-6H2,1-2H3,(H,13,14). The molecule has 0 aliphatic carbocycles. The maximum Gasteiger partial charge on any atom is 0.227 e. The quantitative estimate of drug-likeness (QED) is 0.718. The van der Waals surface area contributed by atoms with E-state index >= 15 is 0 Å². The average molecular weight is 189 g/mol. The third-order valence-corrected chi connectivity index (χ3v) is 2.98. The Morgan fingerprint density at radius 1 is 1.29 bits per heavy atom. The fourth-order valence-corrected chi connectivity index (χ4v) is 1.89. The van der Waals surface area contributed by atoms with Crippen molar-refractivity contribution >= 4 is 5.91 Å². The minimum absolute atomic E-state index is 0.0781. The molecule has 1 unspecified atom stereocenters. The third kappa shape index (κ3) is 1.52. The highest BCUT2D eigenvalue weighted by molar-refractivity contribution is 5.85. The fourth-order valence-electron chi connectivity index (χ4n) is 1.89. The lowest BCUT2D eigenvalue weighted by molar-refractivity contribution is -0.120. The van der Waals surface area contributed by atoms with Crippen LogP contribution >= 0.6 is 0 Å². The van der Waals surface area contributed by atoms with E-state index in [4.69, 9.17) is 0 Å². The molecule has 1 saturated heterocycles. The minimum atomic E-state index is 0.0781. The number of carbonyl (C=O) groups excluding carboxylic acids is 1. The van der Waals surface area contributed by atoms with Crippen molar-refractivity contribution < 1.29 is 4.79 Å². The van der Waals surface area contributed by atoms with Crippen molar-refractivity contribution in [3.05, 3.63) is 34.9 Å². The van der Waals surface area contributed by atoms with Crippen LogP contribution in [0, 0.1) is 13.8 Å². The summed E-state index contributed by atoms with van der Waals surface area (Å²) in [5.41, 5.74) is 3.71. The summed E-state index contributed by atoms with van der Waals surface area (Å²) in [6.45, 7) is 5.00. The molecular formula is C12H15NO. The van der Waals surface area contributed by atoms with E-state index in [1.165, 1.54) is 11.1 Å². The first-order valence-electron chi connectivity index (χ1n) is 5.03. The second-order valence-corrected chi connectivity index (χ2v) is 3.98. The lowest BCUT2D eigenvalue weighted by Crippen LogP contribution is -2.17. The summed E-state index contributed by atoms with van der Waals surface area (Å²) in [6.07, 6.45) is 0.932. The molecule has 1 aromatic rings. The molecule has 0 radical (unpaired) electrons. The molecule has 14 heavy (non-hydrogen) atoms. The molecular weight excluding hydrogens is 174 g/mol. The molecule has 1 aromatic carbocycles. The molecule has 74 valence electrons. The third-order valence-electron chi connectivity index (χ3n) is 2.98. The highest BCUT2D eigenvalue weighted by atomic mass is 16.2. The van der Waals surface area contributed by atoms with E-state index in [9.17, 15) is 4.79 Å². The van der Waals surface area contributed by atoms with Gasteiger partial charge in [-0.25, -0.2) is 0 Å². The van der Waals surface area contributed by atoms with Crippen LogP contribution in [0.2, 0.25) is 0 Å². The summed E-state index contributed by atoms with van der Waals surface area (Å²) in [5.74, 6) is 0.252. The van der Waals surface area contributed by atoms with Gasteiger partial charge in [-0.1, -0.05) is 18.2 Å². The smallest absolute Gasteiger partial charge is 0.227 e. The Morgan fingerprint density at radius 2 is 2.07 bits per heavy atom. The monoisotopic (exact) mass is 189 g/mol. The van der Waals surface area contributed by atoms with Crippen molar-refractivity contribution in [3.63, 3.8) is 0 Å². The Morgan fingerprint density at radius 3 is 2.64 bits per heavy atom. The van der Waals surface area contributed by atoms with Crippen LogP contribution in [-0.2, 0) is 4.79 Å². The van der Waals surface area contributed by atoms with Crippen molar-refractivity contribution in [2.24, 2.45) is 0 Å². The first kappa shape index (κ1) is 9.25. The van der Waals surface area contributed by atoms with E-state index in [2.05, 4.69) is 37.4 Å². The lowest BCUT2D eigenvalue weighted by atomic mass is 9.94. The predicted molar refractivity (Wildman–Crippen MR) is 56.3 cm³/mol. The van der Waals surface area contributed by atoms with Crippen LogP contribution in [0.25, 0.3) is 0 Å². The van der Waals surface area contributed by atoms with Gasteiger partial charge in [-0.2, -0.15) is 0 Å². The van der Waals surface area contributed by atoms with Crippen LogP contribution < -0.4 is 5.32 Å². The summed E-state index contributed by atoms with van der Waals surface area (Å²) < 4.78 is 0. The Kier molecular flexibility index (Phi) is 2.28. The lowest BCUT2D eigenvalue weighted by Gasteiger charge is -2.09. The van der Waals surface area contributed by atoms with Gasteiger partial charge in [0.05, 0.1) is 5.92 Å². The van der Waals surface area contributed by atoms with E-state index < -0.39 is 0 Å². The number of nitrogens with one attached hydrogen (secondary N) is 1. The highest BCUT2D eigenvalue weighted by Gasteiger charge is 2.25. The van der Waals surface area contributed by atoms with Gasteiger partial charge in [0, 0.05) is 6.54 Å². The highest BCUT2D eigenvalue weighted by Crippen LogP contribution is 2.24. The number of rotatable bonds is 1. The number of aryl methyl sites for hydroxylation is 2. The zero-order valence-electron chi connectivity index (χ0n) is 8.63. The molecule has 1 aliphatic rings. The number of hydrogen-bond acceptors (Lipinski definition) is 1. The van der Waals surface area contributed by atoms with Crippen LogP contribution in [0.3, 0.4) is 0 Å². The van der Waals surface area contributed by atoms with E-state index in [1.54, 1.807) is 0 Å². The molecule has 2 rings (SSSR count). The molecule has 0 spiro atoms. The van der Waals surface area contributed by atoms with Gasteiger partial charge in [-0.15, -0.1) is 0 Å². The summed E-state index contributed by atoms with van der Waals surface area (Å²) in [7, 11) is 0. The predicted octanol–water partition coefficient (Wildman–Crippen LogP) is 1.91. The Labute approximate surface area is 84.3 Å². The van der Waals surface area contributed by atoms with Gasteiger partial charge in [0.1, 0.15) is 0 Å². The molecule has 0 bridgehead atoms. The number of hydrogen-bond donors (Lipinski definition) is 1. The van der Waals surface area contributed by atoms with Crippen molar-refractivity contribution in [1.82, 2.24) is 5.32 Å². The first-order chi connectivity index (χ1) is 6.68. The normalized spacial score (nSPS) is 21.0. The molecule has 0 aromatic heterocycles. The summed E-state index contributed by atoms with van der Waals surface area (Å²) in [4.78, 5) is 11.5. The largest absolute Gasteiger partial charge is 0.356 e. The van der Waals surface area contributed by atoms with Crippen LogP contribution in [0.4, 0.5) is 0 Å². The SMILES string of the molecule is Cc1ccc(C2CCNC2=O)cc1C. The molecule has 1 N–H and O–H groups in total. The Hall–Kier alpha value is -1.31. The molecule has 0 saturated carbocycles. The molecule has 1 atom stereocenters. The van der Waals surface area contributed by atoms with Gasteiger partial charge in [-0.05, 0) is 37.0 Å². The van der Waals surface area contributed by atoms with Gasteiger partial charge in [0.15, 0.2) is 0 Å². The Bertz CT molecular complexity index is 371. The van der Waals surface area contributed by atoms with Gasteiger partial charge in [-0.3, -0.25) is 4.79 Å². The second-order valence-electron chi connectivity index (χ2n) is 3.98. The number of amides is 1. The van der Waals surface area contributed by atoms with Gasteiger partial charge in [0.25, 0.3) is 0 Å². The van der Waals surface area contributed by atoms with Crippen LogP contribution in [0.15, 0.2) is 18.2 Å². The van der Waals surface area contributed by atoms with Gasteiger partial charge < -0.3 is 5.32 Å². The molecule has 2 heteroatoms. The summed E-state index contributed by atoms with van der Waals surface area (Å²) >= 11 is 0. The zero-order valence-corrected chi connectivity index (χ0v) is 8.63. The van der Waals surface area contributed by atoms with Crippen LogP contribution in [0.5, 0.6) is 0 Å². The molecule has 1 amide bonds. The Balaban J connectivity index is 2.32. The number of carbonyl (C=O) groups is 1.